The van der Waals surface area contributed by atoms with Gasteiger partial charge in [0.05, 0.1) is 6.61 Å². The van der Waals surface area contributed by atoms with Crippen LogP contribution in [0.4, 0.5) is 0 Å². The number of carbonyl (C=O) groups is 1. The second kappa shape index (κ2) is 4.61. The first-order valence-corrected chi connectivity index (χ1v) is 3.50. The van der Waals surface area contributed by atoms with Crippen LogP contribution in [0.3, 0.4) is 0 Å². The summed E-state index contributed by atoms with van der Waals surface area (Å²) in [4.78, 5) is 10.7. The van der Waals surface area contributed by atoms with E-state index >= 15 is 0 Å². The van der Waals surface area contributed by atoms with Crippen molar-refractivity contribution in [3.63, 3.8) is 0 Å². The zero-order valence-electron chi connectivity index (χ0n) is 6.79. The van der Waals surface area contributed by atoms with Crippen molar-refractivity contribution in [2.24, 2.45) is 5.73 Å². The van der Waals surface area contributed by atoms with E-state index in [0.29, 0.717) is 0 Å². The van der Waals surface area contributed by atoms with Gasteiger partial charge < -0.3 is 25.5 Å². The summed E-state index contributed by atoms with van der Waals surface area (Å²) in [6.45, 7) is -1.93. The lowest BCUT2D eigenvalue weighted by Gasteiger charge is -2.28. The minimum absolute atomic E-state index is 0.862. The van der Waals surface area contributed by atoms with E-state index in [2.05, 4.69) is 0 Å². The summed E-state index contributed by atoms with van der Waals surface area (Å²) in [5.74, 6) is -1.24. The predicted octanol–water partition coefficient (Wildman–Crippen LogP) is -4.09. The molecule has 0 radical (unpaired) electrons. The lowest BCUT2D eigenvalue weighted by molar-refractivity contribution is -0.166. The Labute approximate surface area is 74.0 Å². The van der Waals surface area contributed by atoms with Gasteiger partial charge in [-0.3, -0.25) is 10.5 Å². The zero-order chi connectivity index (χ0) is 10.6. The highest BCUT2D eigenvalue weighted by atomic mass is 16.4. The molecule has 0 fully saturated rings. The maximum atomic E-state index is 10.7. The third-order valence-corrected chi connectivity index (χ3v) is 1.59. The highest BCUT2D eigenvalue weighted by Crippen LogP contribution is 2.08. The van der Waals surface area contributed by atoms with E-state index < -0.39 is 36.9 Å². The Morgan fingerprint density at radius 1 is 1.38 bits per heavy atom. The molecule has 0 rings (SSSR count). The summed E-state index contributed by atoms with van der Waals surface area (Å²) in [7, 11) is 0. The van der Waals surface area contributed by atoms with Crippen molar-refractivity contribution in [3.8, 4) is 0 Å². The molecule has 0 aliphatic carbocycles. The summed E-state index contributed by atoms with van der Waals surface area (Å²) in [5.41, 5.74) is 2.16. The topological polar surface area (TPSA) is 144 Å². The van der Waals surface area contributed by atoms with Crippen LogP contribution in [0.5, 0.6) is 0 Å². The fraction of sp³-hybridized carbons (Fsp3) is 0.833. The Bertz CT molecular complexity index is 182. The molecule has 78 valence electrons. The molecule has 0 aliphatic heterocycles. The summed E-state index contributed by atoms with van der Waals surface area (Å²) in [5, 5.41) is 43.7. The van der Waals surface area contributed by atoms with Crippen molar-refractivity contribution in [1.82, 2.24) is 0 Å². The van der Waals surface area contributed by atoms with Gasteiger partial charge in [0.1, 0.15) is 18.8 Å². The second-order valence-electron chi connectivity index (χ2n) is 2.60. The molecule has 0 spiro atoms. The number of aliphatic hydroxyl groups excluding tert-OH is 4. The maximum absolute atomic E-state index is 10.7. The minimum atomic E-state index is -2.75. The average Bonchev–Trinajstić information content (AvgIpc) is 2.13. The fourth-order valence-corrected chi connectivity index (χ4v) is 0.685. The normalized spacial score (nSPS) is 20.5. The Hall–Kier alpha value is -0.570. The third kappa shape index (κ3) is 2.69. The van der Waals surface area contributed by atoms with Crippen molar-refractivity contribution >= 4 is 5.78 Å². The van der Waals surface area contributed by atoms with Crippen LogP contribution < -0.4 is 5.73 Å². The molecule has 13 heavy (non-hydrogen) atoms. The molecule has 0 amide bonds. The van der Waals surface area contributed by atoms with Gasteiger partial charge >= 0.3 is 0 Å². The number of carbonyl (C=O) groups excluding carboxylic acids is 1. The first kappa shape index (κ1) is 12.4. The summed E-state index contributed by atoms with van der Waals surface area (Å²) < 4.78 is 0. The van der Waals surface area contributed by atoms with Gasteiger partial charge in [0.2, 0.25) is 11.5 Å². The van der Waals surface area contributed by atoms with E-state index in [9.17, 15) is 4.79 Å². The molecule has 7 N–H and O–H groups in total. The van der Waals surface area contributed by atoms with Gasteiger partial charge in [-0.05, 0) is 0 Å². The van der Waals surface area contributed by atoms with Crippen molar-refractivity contribution in [3.05, 3.63) is 0 Å². The van der Waals surface area contributed by atoms with Crippen molar-refractivity contribution in [1.29, 1.82) is 0 Å². The Kier molecular flexibility index (Phi) is 4.40. The third-order valence-electron chi connectivity index (χ3n) is 1.59. The Morgan fingerprint density at radius 2 is 1.85 bits per heavy atom. The predicted molar refractivity (Wildman–Crippen MR) is 40.3 cm³/mol. The fourth-order valence-electron chi connectivity index (χ4n) is 0.685. The molecule has 7 heteroatoms. The molecular weight excluding hydrogens is 182 g/mol. The van der Waals surface area contributed by atoms with Crippen LogP contribution >= 0.6 is 0 Å². The van der Waals surface area contributed by atoms with Crippen LogP contribution in [-0.2, 0) is 4.79 Å². The largest absolute Gasteiger partial charge is 0.394 e. The van der Waals surface area contributed by atoms with Crippen LogP contribution in [-0.4, -0.2) is 62.5 Å². The molecule has 0 unspecified atom stereocenters. The molecule has 7 nitrogen and oxygen atoms in total. The molecule has 0 aromatic heterocycles. The number of ketones is 1. The van der Waals surface area contributed by atoms with Gasteiger partial charge in [-0.1, -0.05) is 0 Å². The van der Waals surface area contributed by atoms with Crippen molar-refractivity contribution in [2.75, 3.05) is 13.2 Å². The van der Waals surface area contributed by atoms with Crippen LogP contribution in [0, 0.1) is 0 Å². The van der Waals surface area contributed by atoms with Crippen molar-refractivity contribution in [2.45, 2.75) is 17.9 Å². The summed E-state index contributed by atoms with van der Waals surface area (Å²) >= 11 is 0. The number of hydrogen-bond acceptors (Lipinski definition) is 7. The summed E-state index contributed by atoms with van der Waals surface area (Å²) in [6.07, 6.45) is -3.79. The molecule has 0 aliphatic rings. The van der Waals surface area contributed by atoms with Gasteiger partial charge in [0.25, 0.3) is 0 Å². The Balaban J connectivity index is 4.52. The lowest BCUT2D eigenvalue weighted by atomic mass is 9.98. The number of rotatable bonds is 5. The van der Waals surface area contributed by atoms with E-state index in [4.69, 9.17) is 31.3 Å². The molecular formula is C6H13NO6. The number of Topliss-reactive ketones (excluding diaryl/α,β-unsaturated/α-hetero) is 1. The first-order chi connectivity index (χ1) is 5.87. The summed E-state index contributed by atoms with van der Waals surface area (Å²) in [6, 6.07) is 0. The van der Waals surface area contributed by atoms with Gasteiger partial charge in [-0.25, -0.2) is 0 Å². The molecule has 0 bridgehead atoms. The number of aliphatic hydroxyl groups is 5. The quantitative estimate of drug-likeness (QED) is 0.245. The second-order valence-corrected chi connectivity index (χ2v) is 2.60. The lowest BCUT2D eigenvalue weighted by Crippen LogP contribution is -2.62. The molecule has 0 heterocycles. The van der Waals surface area contributed by atoms with Crippen LogP contribution in [0.2, 0.25) is 0 Å². The zero-order valence-corrected chi connectivity index (χ0v) is 6.79. The average molecular weight is 195 g/mol. The number of hydrogen-bond donors (Lipinski definition) is 6. The molecule has 3 atom stereocenters. The highest BCUT2D eigenvalue weighted by Gasteiger charge is 2.42. The minimum Gasteiger partial charge on any atom is -0.394 e. The van der Waals surface area contributed by atoms with E-state index in [0.717, 1.165) is 0 Å². The van der Waals surface area contributed by atoms with Crippen LogP contribution in [0.1, 0.15) is 0 Å². The van der Waals surface area contributed by atoms with E-state index in [1.165, 1.54) is 0 Å². The number of nitrogens with two attached hydrogens (primary N) is 1. The van der Waals surface area contributed by atoms with E-state index in [1.807, 2.05) is 0 Å². The molecule has 0 aromatic carbocycles. The standard InChI is InChI=1S/C6H13NO6/c7-6(13,4(11)2-9)5(12)3(10)1-8/h3,5,8-10,12-13H,1-2,7H2/t3-,5-,6-/m1/s1. The van der Waals surface area contributed by atoms with Gasteiger partial charge in [0.15, 0.2) is 0 Å². The van der Waals surface area contributed by atoms with Gasteiger partial charge in [-0.15, -0.1) is 0 Å². The van der Waals surface area contributed by atoms with Gasteiger partial charge in [0, 0.05) is 0 Å². The molecule has 0 saturated carbocycles. The Morgan fingerprint density at radius 3 is 2.15 bits per heavy atom. The monoisotopic (exact) mass is 195 g/mol. The van der Waals surface area contributed by atoms with Gasteiger partial charge in [-0.2, -0.15) is 0 Å². The highest BCUT2D eigenvalue weighted by molar-refractivity contribution is 5.88. The molecule has 0 aromatic rings. The first-order valence-electron chi connectivity index (χ1n) is 3.50. The van der Waals surface area contributed by atoms with Crippen LogP contribution in [0.25, 0.3) is 0 Å². The smallest absolute Gasteiger partial charge is 0.207 e. The SMILES string of the molecule is N[C@@](O)(C(=O)CO)[C@H](O)[C@H](O)CO. The maximum Gasteiger partial charge on any atom is 0.207 e. The van der Waals surface area contributed by atoms with E-state index in [-0.39, 0.29) is 0 Å². The molecule has 0 saturated heterocycles. The van der Waals surface area contributed by atoms with E-state index in [1.54, 1.807) is 0 Å². The van der Waals surface area contributed by atoms with Crippen molar-refractivity contribution < 1.29 is 30.3 Å². The van der Waals surface area contributed by atoms with Crippen LogP contribution in [0.15, 0.2) is 0 Å².